The maximum absolute atomic E-state index is 10.0. The number of hydrogen-bond donors (Lipinski definition) is 2. The molecule has 4 aromatic rings. The number of benzene rings is 2. The lowest BCUT2D eigenvalue weighted by Gasteiger charge is -2.26. The van der Waals surface area contributed by atoms with E-state index in [4.69, 9.17) is 4.74 Å². The first-order valence-electron chi connectivity index (χ1n) is 10.1. The van der Waals surface area contributed by atoms with Gasteiger partial charge >= 0.3 is 0 Å². The maximum Gasteiger partial charge on any atom is 0.241 e. The Kier molecular flexibility index (Phi) is 5.29. The van der Waals surface area contributed by atoms with Crippen LogP contribution >= 0.6 is 11.3 Å². The minimum absolute atomic E-state index is 0.178. The fourth-order valence-corrected chi connectivity index (χ4v) is 4.76. The van der Waals surface area contributed by atoms with Gasteiger partial charge in [0.1, 0.15) is 11.4 Å². The van der Waals surface area contributed by atoms with Gasteiger partial charge in [-0.2, -0.15) is 0 Å². The first-order chi connectivity index (χ1) is 14.7. The summed E-state index contributed by atoms with van der Waals surface area (Å²) in [4.78, 5) is 13.5. The molecule has 1 aliphatic carbocycles. The molecule has 0 unspecified atom stereocenters. The Labute approximate surface area is 178 Å². The number of aliphatic hydroxyl groups is 1. The van der Waals surface area contributed by atoms with Crippen molar-refractivity contribution in [2.75, 3.05) is 5.32 Å². The van der Waals surface area contributed by atoms with Crippen molar-refractivity contribution >= 4 is 32.4 Å². The Balaban J connectivity index is 1.30. The van der Waals surface area contributed by atoms with Gasteiger partial charge in [-0.1, -0.05) is 29.9 Å². The summed E-state index contributed by atoms with van der Waals surface area (Å²) in [5, 5.41) is 14.2. The maximum atomic E-state index is 10.0. The van der Waals surface area contributed by atoms with Crippen molar-refractivity contribution in [1.29, 1.82) is 0 Å². The van der Waals surface area contributed by atoms with Gasteiger partial charge in [0, 0.05) is 24.0 Å². The van der Waals surface area contributed by atoms with Crippen LogP contribution in [0.5, 0.6) is 11.6 Å². The number of anilines is 2. The molecule has 0 radical (unpaired) electrons. The second kappa shape index (κ2) is 8.38. The molecule has 0 bridgehead atoms. The minimum atomic E-state index is -0.272. The number of thiazole rings is 1. The van der Waals surface area contributed by atoms with E-state index in [1.54, 1.807) is 23.7 Å². The van der Waals surface area contributed by atoms with Crippen LogP contribution in [0, 0.1) is 0 Å². The first kappa shape index (κ1) is 19.0. The fourth-order valence-electron chi connectivity index (χ4n) is 3.87. The van der Waals surface area contributed by atoms with Gasteiger partial charge in [0.15, 0.2) is 5.13 Å². The summed E-state index contributed by atoms with van der Waals surface area (Å²) >= 11 is 1.62. The zero-order valence-electron chi connectivity index (χ0n) is 16.4. The highest BCUT2D eigenvalue weighted by Crippen LogP contribution is 2.37. The van der Waals surface area contributed by atoms with Crippen LogP contribution in [0.3, 0.4) is 0 Å². The first-order valence-corrected chi connectivity index (χ1v) is 11.0. The third-order valence-corrected chi connectivity index (χ3v) is 6.29. The minimum Gasteiger partial charge on any atom is -0.437 e. The molecule has 1 fully saturated rings. The van der Waals surface area contributed by atoms with E-state index >= 15 is 0 Å². The van der Waals surface area contributed by atoms with Crippen LogP contribution in [0.4, 0.5) is 10.8 Å². The second-order valence-corrected chi connectivity index (χ2v) is 8.53. The number of para-hydroxylation sites is 1. The SMILES string of the molecule is O[C@@H]1CCC[C@@H](c2nccnc2Oc2ccc(Nc3nc4ccccc4s3)cc2)C1. The zero-order valence-corrected chi connectivity index (χ0v) is 17.2. The van der Waals surface area contributed by atoms with Crippen LogP contribution in [-0.2, 0) is 0 Å². The highest BCUT2D eigenvalue weighted by atomic mass is 32.1. The number of nitrogens with zero attached hydrogens (tertiary/aromatic N) is 3. The topological polar surface area (TPSA) is 80.2 Å². The summed E-state index contributed by atoms with van der Waals surface area (Å²) in [7, 11) is 0. The van der Waals surface area contributed by atoms with Crippen LogP contribution < -0.4 is 10.1 Å². The van der Waals surface area contributed by atoms with E-state index in [1.807, 2.05) is 42.5 Å². The average molecular weight is 419 g/mol. The van der Waals surface area contributed by atoms with E-state index in [0.717, 1.165) is 46.0 Å². The van der Waals surface area contributed by atoms with Crippen LogP contribution in [0.25, 0.3) is 10.2 Å². The number of rotatable bonds is 5. The number of fused-ring (bicyclic) bond motifs is 1. The molecule has 0 saturated heterocycles. The van der Waals surface area contributed by atoms with Crippen molar-refractivity contribution in [1.82, 2.24) is 15.0 Å². The Hall–Kier alpha value is -3.03. The molecule has 0 amide bonds. The number of ether oxygens (including phenoxy) is 1. The van der Waals surface area contributed by atoms with E-state index in [0.29, 0.717) is 18.1 Å². The van der Waals surface area contributed by atoms with Crippen molar-refractivity contribution in [3.8, 4) is 11.6 Å². The lowest BCUT2D eigenvalue weighted by atomic mass is 9.85. The smallest absolute Gasteiger partial charge is 0.241 e. The van der Waals surface area contributed by atoms with Crippen LogP contribution in [0.2, 0.25) is 0 Å². The molecule has 2 aromatic heterocycles. The molecule has 7 heteroatoms. The largest absolute Gasteiger partial charge is 0.437 e. The highest BCUT2D eigenvalue weighted by Gasteiger charge is 2.26. The van der Waals surface area contributed by atoms with Gasteiger partial charge in [-0.15, -0.1) is 0 Å². The Morgan fingerprint density at radius 3 is 2.67 bits per heavy atom. The lowest BCUT2D eigenvalue weighted by molar-refractivity contribution is 0.118. The summed E-state index contributed by atoms with van der Waals surface area (Å²) in [6.07, 6.45) is 6.61. The Bertz CT molecular complexity index is 1110. The number of aromatic nitrogens is 3. The Morgan fingerprint density at radius 2 is 1.83 bits per heavy atom. The molecule has 152 valence electrons. The van der Waals surface area contributed by atoms with Gasteiger partial charge in [-0.3, -0.25) is 4.98 Å². The summed E-state index contributed by atoms with van der Waals surface area (Å²) in [6, 6.07) is 15.8. The summed E-state index contributed by atoms with van der Waals surface area (Å²) in [5.74, 6) is 1.39. The molecule has 5 rings (SSSR count). The average Bonchev–Trinajstić information content (AvgIpc) is 3.18. The van der Waals surface area contributed by atoms with Gasteiger partial charge in [0.05, 0.1) is 16.3 Å². The predicted octanol–water partition coefficient (Wildman–Crippen LogP) is 5.64. The molecule has 2 N–H and O–H groups in total. The molecule has 2 atom stereocenters. The third-order valence-electron chi connectivity index (χ3n) is 5.34. The molecule has 30 heavy (non-hydrogen) atoms. The molecule has 0 aliphatic heterocycles. The van der Waals surface area contributed by atoms with Crippen molar-refractivity contribution in [2.45, 2.75) is 37.7 Å². The van der Waals surface area contributed by atoms with Gasteiger partial charge < -0.3 is 15.2 Å². The highest BCUT2D eigenvalue weighted by molar-refractivity contribution is 7.22. The molecule has 1 aliphatic rings. The van der Waals surface area contributed by atoms with Gasteiger partial charge in [-0.05, 0) is 55.7 Å². The molecule has 0 spiro atoms. The standard InChI is InChI=1S/C23H22N4O2S/c28-17-5-3-4-15(14-17)21-22(25-13-12-24-21)29-18-10-8-16(9-11-18)26-23-27-19-6-1-2-7-20(19)30-23/h1-2,6-13,15,17,28H,3-5,14H2,(H,26,27)/t15-,17-/m1/s1. The van der Waals surface area contributed by atoms with Crippen molar-refractivity contribution in [3.63, 3.8) is 0 Å². The van der Waals surface area contributed by atoms with Gasteiger partial charge in [0.25, 0.3) is 0 Å². The van der Waals surface area contributed by atoms with Crippen LogP contribution in [0.1, 0.15) is 37.3 Å². The predicted molar refractivity (Wildman–Crippen MR) is 119 cm³/mol. The van der Waals surface area contributed by atoms with Crippen LogP contribution in [-0.4, -0.2) is 26.2 Å². The van der Waals surface area contributed by atoms with E-state index in [9.17, 15) is 5.11 Å². The quantitative estimate of drug-likeness (QED) is 0.436. The number of hydrogen-bond acceptors (Lipinski definition) is 7. The second-order valence-electron chi connectivity index (χ2n) is 7.50. The molecular formula is C23H22N4O2S. The fraction of sp³-hybridized carbons (Fsp3) is 0.261. The Morgan fingerprint density at radius 1 is 1.00 bits per heavy atom. The van der Waals surface area contributed by atoms with Crippen molar-refractivity contribution in [2.24, 2.45) is 0 Å². The molecule has 2 aromatic carbocycles. The van der Waals surface area contributed by atoms with Crippen molar-refractivity contribution in [3.05, 3.63) is 66.6 Å². The monoisotopic (exact) mass is 418 g/mol. The van der Waals surface area contributed by atoms with Gasteiger partial charge in [0.2, 0.25) is 5.88 Å². The van der Waals surface area contributed by atoms with E-state index in [1.165, 1.54) is 0 Å². The normalized spacial score (nSPS) is 19.0. The van der Waals surface area contributed by atoms with Crippen molar-refractivity contribution < 1.29 is 9.84 Å². The molecule has 2 heterocycles. The molecule has 1 saturated carbocycles. The molecule has 6 nitrogen and oxygen atoms in total. The number of aliphatic hydroxyl groups excluding tert-OH is 1. The van der Waals surface area contributed by atoms with E-state index < -0.39 is 0 Å². The summed E-state index contributed by atoms with van der Waals surface area (Å²) < 4.78 is 7.21. The third kappa shape index (κ3) is 4.13. The molecular weight excluding hydrogens is 396 g/mol. The van der Waals surface area contributed by atoms with E-state index in [-0.39, 0.29) is 12.0 Å². The number of nitrogens with one attached hydrogen (secondary N) is 1. The lowest BCUT2D eigenvalue weighted by Crippen LogP contribution is -2.19. The zero-order chi connectivity index (χ0) is 20.3. The summed E-state index contributed by atoms with van der Waals surface area (Å²) in [6.45, 7) is 0. The van der Waals surface area contributed by atoms with E-state index in [2.05, 4.69) is 26.3 Å². The summed E-state index contributed by atoms with van der Waals surface area (Å²) in [5.41, 5.74) is 2.76. The van der Waals surface area contributed by atoms with Crippen LogP contribution in [0.15, 0.2) is 60.9 Å². The van der Waals surface area contributed by atoms with Gasteiger partial charge in [-0.25, -0.2) is 9.97 Å².